The molecule has 1 aromatic carbocycles. The predicted octanol–water partition coefficient (Wildman–Crippen LogP) is 2.10. The van der Waals surface area contributed by atoms with Gasteiger partial charge in [0.05, 0.1) is 5.75 Å². The minimum absolute atomic E-state index is 0.120. The highest BCUT2D eigenvalue weighted by Gasteiger charge is 2.20. The maximum atomic E-state index is 13.4. The molecule has 1 aromatic rings. The molecular formula is C13H18F2N2O2S. The molecule has 1 aliphatic heterocycles. The molecule has 20 heavy (non-hydrogen) atoms. The monoisotopic (exact) mass is 304 g/mol. The maximum Gasteiger partial charge on any atom is 0.232 e. The van der Waals surface area contributed by atoms with Gasteiger partial charge in [-0.2, -0.15) is 0 Å². The van der Waals surface area contributed by atoms with Crippen LogP contribution in [0.15, 0.2) is 18.2 Å². The van der Waals surface area contributed by atoms with Gasteiger partial charge in [0.1, 0.15) is 17.3 Å². The van der Waals surface area contributed by atoms with Crippen molar-refractivity contribution in [1.29, 1.82) is 0 Å². The molecule has 0 amide bonds. The molecule has 4 nitrogen and oxygen atoms in total. The smallest absolute Gasteiger partial charge is 0.232 e. The molecule has 0 aliphatic carbocycles. The van der Waals surface area contributed by atoms with Crippen molar-refractivity contribution in [1.82, 2.24) is 5.32 Å². The van der Waals surface area contributed by atoms with Gasteiger partial charge in [-0.1, -0.05) is 6.07 Å². The van der Waals surface area contributed by atoms with E-state index in [4.69, 9.17) is 0 Å². The van der Waals surface area contributed by atoms with Crippen molar-refractivity contribution in [2.45, 2.75) is 19.3 Å². The first-order valence-corrected chi connectivity index (χ1v) is 8.28. The average Bonchev–Trinajstić information content (AvgIpc) is 2.42. The average molecular weight is 304 g/mol. The van der Waals surface area contributed by atoms with E-state index in [1.165, 1.54) is 6.07 Å². The van der Waals surface area contributed by atoms with Gasteiger partial charge in [-0.3, -0.25) is 4.72 Å². The Hall–Kier alpha value is -1.21. The van der Waals surface area contributed by atoms with Crippen LogP contribution in [0.4, 0.5) is 14.5 Å². The normalized spacial score (nSPS) is 17.1. The first kappa shape index (κ1) is 15.2. The zero-order chi connectivity index (χ0) is 14.6. The summed E-state index contributed by atoms with van der Waals surface area (Å²) in [5, 5.41) is 3.20. The molecule has 1 saturated heterocycles. The van der Waals surface area contributed by atoms with Gasteiger partial charge in [-0.05, 0) is 50.4 Å². The van der Waals surface area contributed by atoms with E-state index in [9.17, 15) is 17.2 Å². The van der Waals surface area contributed by atoms with Crippen molar-refractivity contribution in [2.24, 2.45) is 5.92 Å². The first-order chi connectivity index (χ1) is 9.48. The van der Waals surface area contributed by atoms with Crippen LogP contribution in [0.2, 0.25) is 0 Å². The highest BCUT2D eigenvalue weighted by Crippen LogP contribution is 2.21. The SMILES string of the molecule is O=S(=O)(CCC1CCNCC1)Nc1c(F)cccc1F. The quantitative estimate of drug-likeness (QED) is 0.876. The van der Waals surface area contributed by atoms with Crippen LogP contribution in [-0.4, -0.2) is 27.3 Å². The zero-order valence-corrected chi connectivity index (χ0v) is 11.8. The molecule has 0 atom stereocenters. The standard InChI is InChI=1S/C13H18F2N2O2S/c14-11-2-1-3-12(15)13(11)17-20(18,19)9-6-10-4-7-16-8-5-10/h1-3,10,16-17H,4-9H2. The van der Waals surface area contributed by atoms with Crippen LogP contribution >= 0.6 is 0 Å². The third-order valence-corrected chi connectivity index (χ3v) is 4.76. The lowest BCUT2D eigenvalue weighted by molar-refractivity contribution is 0.365. The second kappa shape index (κ2) is 6.49. The number of anilines is 1. The summed E-state index contributed by atoms with van der Waals surface area (Å²) in [6.07, 6.45) is 2.38. The Kier molecular flexibility index (Phi) is 4.93. The number of hydrogen-bond donors (Lipinski definition) is 2. The van der Waals surface area contributed by atoms with Crippen LogP contribution in [0.3, 0.4) is 0 Å². The van der Waals surface area contributed by atoms with Crippen molar-refractivity contribution < 1.29 is 17.2 Å². The molecule has 2 rings (SSSR count). The Labute approximate surface area is 117 Å². The van der Waals surface area contributed by atoms with Gasteiger partial charge in [0, 0.05) is 0 Å². The Morgan fingerprint density at radius 1 is 1.20 bits per heavy atom. The number of rotatable bonds is 5. The molecule has 0 bridgehead atoms. The van der Waals surface area contributed by atoms with Crippen molar-refractivity contribution in [3.05, 3.63) is 29.8 Å². The molecule has 0 aromatic heterocycles. The summed E-state index contributed by atoms with van der Waals surface area (Å²) in [6.45, 7) is 1.78. The first-order valence-electron chi connectivity index (χ1n) is 6.63. The number of para-hydroxylation sites is 1. The van der Waals surface area contributed by atoms with Crippen molar-refractivity contribution in [2.75, 3.05) is 23.6 Å². The minimum Gasteiger partial charge on any atom is -0.317 e. The lowest BCUT2D eigenvalue weighted by atomic mass is 9.96. The summed E-state index contributed by atoms with van der Waals surface area (Å²) in [5.74, 6) is -1.59. The summed E-state index contributed by atoms with van der Waals surface area (Å²) < 4.78 is 52.6. The lowest BCUT2D eigenvalue weighted by Crippen LogP contribution is -2.29. The largest absolute Gasteiger partial charge is 0.317 e. The summed E-state index contributed by atoms with van der Waals surface area (Å²) in [4.78, 5) is 0. The van der Waals surface area contributed by atoms with Gasteiger partial charge >= 0.3 is 0 Å². The molecule has 1 aliphatic rings. The zero-order valence-electron chi connectivity index (χ0n) is 11.0. The van der Waals surface area contributed by atoms with Gasteiger partial charge in [0.2, 0.25) is 10.0 Å². The van der Waals surface area contributed by atoms with Crippen LogP contribution in [0, 0.1) is 17.6 Å². The molecule has 0 radical (unpaired) electrons. The fourth-order valence-electron chi connectivity index (χ4n) is 2.29. The van der Waals surface area contributed by atoms with Crippen LogP contribution in [0.5, 0.6) is 0 Å². The van der Waals surface area contributed by atoms with Crippen LogP contribution in [0.25, 0.3) is 0 Å². The molecule has 7 heteroatoms. The van der Waals surface area contributed by atoms with Gasteiger partial charge in [0.25, 0.3) is 0 Å². The fraction of sp³-hybridized carbons (Fsp3) is 0.538. The number of piperidine rings is 1. The fourth-order valence-corrected chi connectivity index (χ4v) is 3.55. The lowest BCUT2D eigenvalue weighted by Gasteiger charge is -2.22. The Morgan fingerprint density at radius 2 is 1.80 bits per heavy atom. The van der Waals surface area contributed by atoms with Crippen molar-refractivity contribution >= 4 is 15.7 Å². The van der Waals surface area contributed by atoms with E-state index >= 15 is 0 Å². The van der Waals surface area contributed by atoms with Crippen molar-refractivity contribution in [3.8, 4) is 0 Å². The van der Waals surface area contributed by atoms with Gasteiger partial charge < -0.3 is 5.32 Å². The van der Waals surface area contributed by atoms with Gasteiger partial charge in [-0.15, -0.1) is 0 Å². The summed E-state index contributed by atoms with van der Waals surface area (Å²) >= 11 is 0. The van der Waals surface area contributed by atoms with Crippen molar-refractivity contribution in [3.63, 3.8) is 0 Å². The number of hydrogen-bond acceptors (Lipinski definition) is 3. The summed E-state index contributed by atoms with van der Waals surface area (Å²) in [5.41, 5.74) is -0.599. The highest BCUT2D eigenvalue weighted by molar-refractivity contribution is 7.92. The summed E-state index contributed by atoms with van der Waals surface area (Å²) in [6, 6.07) is 3.24. The predicted molar refractivity (Wildman–Crippen MR) is 74.0 cm³/mol. The Balaban J connectivity index is 1.96. The molecule has 112 valence electrons. The van der Waals surface area contributed by atoms with E-state index in [1.807, 2.05) is 4.72 Å². The Bertz CT molecular complexity index is 537. The molecule has 1 fully saturated rings. The third kappa shape index (κ3) is 4.14. The molecule has 0 spiro atoms. The van der Waals surface area contributed by atoms with Crippen LogP contribution < -0.4 is 10.0 Å². The van der Waals surface area contributed by atoms with E-state index in [0.717, 1.165) is 38.1 Å². The molecular weight excluding hydrogens is 286 g/mol. The van der Waals surface area contributed by atoms with E-state index < -0.39 is 27.3 Å². The maximum absolute atomic E-state index is 13.4. The minimum atomic E-state index is -3.73. The topological polar surface area (TPSA) is 58.2 Å². The molecule has 0 saturated carbocycles. The van der Waals surface area contributed by atoms with E-state index in [1.54, 1.807) is 0 Å². The second-order valence-corrected chi connectivity index (χ2v) is 6.84. The van der Waals surface area contributed by atoms with Crippen LogP contribution in [0.1, 0.15) is 19.3 Å². The number of halogens is 2. The Morgan fingerprint density at radius 3 is 2.40 bits per heavy atom. The van der Waals surface area contributed by atoms with Gasteiger partial charge in [-0.25, -0.2) is 17.2 Å². The number of sulfonamides is 1. The highest BCUT2D eigenvalue weighted by atomic mass is 32.2. The van der Waals surface area contributed by atoms with Crippen LogP contribution in [-0.2, 0) is 10.0 Å². The second-order valence-electron chi connectivity index (χ2n) is 5.00. The summed E-state index contributed by atoms with van der Waals surface area (Å²) in [7, 11) is -3.73. The molecule has 0 unspecified atom stereocenters. The molecule has 1 heterocycles. The number of benzene rings is 1. The van der Waals surface area contributed by atoms with E-state index in [0.29, 0.717) is 12.3 Å². The van der Waals surface area contributed by atoms with E-state index in [2.05, 4.69) is 5.32 Å². The molecule has 2 N–H and O–H groups in total. The third-order valence-electron chi connectivity index (χ3n) is 3.47. The van der Waals surface area contributed by atoms with Gasteiger partial charge in [0.15, 0.2) is 0 Å². The van der Waals surface area contributed by atoms with E-state index in [-0.39, 0.29) is 5.75 Å². The number of nitrogens with one attached hydrogen (secondary N) is 2.